The van der Waals surface area contributed by atoms with E-state index >= 15 is 0 Å². The van der Waals surface area contributed by atoms with Crippen LogP contribution in [0.15, 0.2) is 30.0 Å². The van der Waals surface area contributed by atoms with Crippen molar-refractivity contribution in [1.29, 1.82) is 0 Å². The summed E-state index contributed by atoms with van der Waals surface area (Å²) in [6.07, 6.45) is 8.02. The fourth-order valence-electron chi connectivity index (χ4n) is 5.19. The smallest absolute Gasteiger partial charge is 0.277 e. The van der Waals surface area contributed by atoms with Crippen molar-refractivity contribution in [2.24, 2.45) is 11.8 Å². The lowest BCUT2D eigenvalue weighted by molar-refractivity contribution is -0.137. The Bertz CT molecular complexity index is 833. The summed E-state index contributed by atoms with van der Waals surface area (Å²) in [6.45, 7) is 12.8. The van der Waals surface area contributed by atoms with Gasteiger partial charge in [-0.1, -0.05) is 65.0 Å². The van der Waals surface area contributed by atoms with Gasteiger partial charge in [0, 0.05) is 19.6 Å². The molecular formula is C28H42N2O3. The van der Waals surface area contributed by atoms with Crippen LogP contribution in [0.4, 0.5) is 0 Å². The quantitative estimate of drug-likeness (QED) is 0.309. The summed E-state index contributed by atoms with van der Waals surface area (Å²) < 4.78 is 5.78. The van der Waals surface area contributed by atoms with Crippen molar-refractivity contribution < 1.29 is 14.3 Å². The molecule has 0 aliphatic carbocycles. The second kappa shape index (κ2) is 11.7. The highest BCUT2D eigenvalue weighted by molar-refractivity contribution is 6.35. The van der Waals surface area contributed by atoms with E-state index in [4.69, 9.17) is 4.74 Å². The molecule has 0 bridgehead atoms. The molecule has 5 heteroatoms. The SMILES string of the molecule is CCCCCCCCN1C(=O)C(c2ccc(OC(C)C)cc2)=C(N2CC(C)CC(C)C2)C1=O. The van der Waals surface area contributed by atoms with Crippen molar-refractivity contribution in [1.82, 2.24) is 9.80 Å². The first-order chi connectivity index (χ1) is 15.8. The van der Waals surface area contributed by atoms with Crippen molar-refractivity contribution in [3.8, 4) is 5.75 Å². The zero-order valence-electron chi connectivity index (χ0n) is 21.2. The van der Waals surface area contributed by atoms with E-state index in [0.717, 1.165) is 50.1 Å². The molecule has 2 heterocycles. The molecule has 1 fully saturated rings. The monoisotopic (exact) mass is 454 g/mol. The average Bonchev–Trinajstić information content (AvgIpc) is 3.00. The first-order valence-electron chi connectivity index (χ1n) is 12.9. The fourth-order valence-corrected chi connectivity index (χ4v) is 5.19. The summed E-state index contributed by atoms with van der Waals surface area (Å²) >= 11 is 0. The molecule has 0 radical (unpaired) electrons. The van der Waals surface area contributed by atoms with Crippen LogP contribution in [0.5, 0.6) is 5.75 Å². The molecule has 3 rings (SSSR count). The predicted octanol–water partition coefficient (Wildman–Crippen LogP) is 5.89. The van der Waals surface area contributed by atoms with E-state index in [-0.39, 0.29) is 17.9 Å². The van der Waals surface area contributed by atoms with E-state index in [9.17, 15) is 9.59 Å². The summed E-state index contributed by atoms with van der Waals surface area (Å²) in [5, 5.41) is 0. The maximum absolute atomic E-state index is 13.6. The third-order valence-corrected chi connectivity index (χ3v) is 6.58. The van der Waals surface area contributed by atoms with Gasteiger partial charge in [0.15, 0.2) is 0 Å². The topological polar surface area (TPSA) is 49.9 Å². The summed E-state index contributed by atoms with van der Waals surface area (Å²) in [5.74, 6) is 1.51. The number of nitrogens with zero attached hydrogens (tertiary/aromatic N) is 2. The minimum Gasteiger partial charge on any atom is -0.491 e. The number of unbranched alkanes of at least 4 members (excludes halogenated alkanes) is 5. The molecule has 2 aliphatic rings. The van der Waals surface area contributed by atoms with Gasteiger partial charge >= 0.3 is 0 Å². The Kier molecular flexibility index (Phi) is 8.99. The van der Waals surface area contributed by atoms with Gasteiger partial charge in [0.2, 0.25) is 0 Å². The van der Waals surface area contributed by atoms with Crippen molar-refractivity contribution >= 4 is 17.4 Å². The summed E-state index contributed by atoms with van der Waals surface area (Å²) in [4.78, 5) is 30.8. The number of piperidine rings is 1. The van der Waals surface area contributed by atoms with Crippen LogP contribution < -0.4 is 4.74 Å². The van der Waals surface area contributed by atoms with Crippen LogP contribution in [0.3, 0.4) is 0 Å². The van der Waals surface area contributed by atoms with Crippen molar-refractivity contribution in [3.63, 3.8) is 0 Å². The number of hydrogen-bond donors (Lipinski definition) is 0. The molecule has 0 aromatic heterocycles. The van der Waals surface area contributed by atoms with Crippen LogP contribution in [0, 0.1) is 11.8 Å². The van der Waals surface area contributed by atoms with Gasteiger partial charge in [-0.05, 0) is 56.2 Å². The van der Waals surface area contributed by atoms with E-state index < -0.39 is 0 Å². The number of carbonyl (C=O) groups excluding carboxylic acids is 2. The Hall–Kier alpha value is -2.30. The molecule has 1 aromatic carbocycles. The van der Waals surface area contributed by atoms with Gasteiger partial charge in [-0.25, -0.2) is 0 Å². The van der Waals surface area contributed by atoms with Gasteiger partial charge in [0.25, 0.3) is 11.8 Å². The molecule has 182 valence electrons. The highest BCUT2D eigenvalue weighted by Gasteiger charge is 2.42. The van der Waals surface area contributed by atoms with Gasteiger partial charge < -0.3 is 9.64 Å². The lowest BCUT2D eigenvalue weighted by atomic mass is 9.91. The van der Waals surface area contributed by atoms with Gasteiger partial charge in [0.05, 0.1) is 11.7 Å². The number of hydrogen-bond acceptors (Lipinski definition) is 4. The minimum atomic E-state index is -0.146. The molecule has 0 spiro atoms. The Balaban J connectivity index is 1.84. The van der Waals surface area contributed by atoms with Crippen LogP contribution >= 0.6 is 0 Å². The first kappa shape index (κ1) is 25.3. The highest BCUT2D eigenvalue weighted by Crippen LogP contribution is 2.35. The summed E-state index contributed by atoms with van der Waals surface area (Å²) in [6, 6.07) is 7.64. The minimum absolute atomic E-state index is 0.0875. The Morgan fingerprint density at radius 3 is 2.12 bits per heavy atom. The normalized spacial score (nSPS) is 21.5. The van der Waals surface area contributed by atoms with Gasteiger partial charge in [0.1, 0.15) is 11.4 Å². The van der Waals surface area contributed by atoms with Crippen molar-refractivity contribution in [2.75, 3.05) is 19.6 Å². The van der Waals surface area contributed by atoms with Crippen molar-refractivity contribution in [3.05, 3.63) is 35.5 Å². The molecular weight excluding hydrogens is 412 g/mol. The molecule has 0 N–H and O–H groups in total. The molecule has 5 nitrogen and oxygen atoms in total. The molecule has 2 unspecified atom stereocenters. The van der Waals surface area contributed by atoms with Gasteiger partial charge in [-0.15, -0.1) is 0 Å². The van der Waals surface area contributed by atoms with E-state index in [0.29, 0.717) is 29.7 Å². The predicted molar refractivity (Wildman–Crippen MR) is 134 cm³/mol. The standard InChI is InChI=1S/C28H42N2O3/c1-6-7-8-9-10-11-16-30-27(31)25(23-12-14-24(15-13-23)33-20(2)3)26(28(30)32)29-18-21(4)17-22(5)19-29/h12-15,20-22H,6-11,16-19H2,1-5H3. The third-order valence-electron chi connectivity index (χ3n) is 6.58. The Labute approximate surface area is 200 Å². The summed E-state index contributed by atoms with van der Waals surface area (Å²) in [7, 11) is 0. The first-order valence-corrected chi connectivity index (χ1v) is 12.9. The number of carbonyl (C=O) groups is 2. The van der Waals surface area contributed by atoms with Crippen LogP contribution in [-0.4, -0.2) is 47.4 Å². The van der Waals surface area contributed by atoms with E-state index in [1.807, 2.05) is 38.1 Å². The van der Waals surface area contributed by atoms with Crippen LogP contribution in [0.25, 0.3) is 5.57 Å². The Morgan fingerprint density at radius 2 is 1.52 bits per heavy atom. The maximum atomic E-state index is 13.6. The highest BCUT2D eigenvalue weighted by atomic mass is 16.5. The van der Waals surface area contributed by atoms with Gasteiger partial charge in [-0.2, -0.15) is 0 Å². The number of rotatable bonds is 11. The van der Waals surface area contributed by atoms with Crippen LogP contribution in [0.1, 0.15) is 85.1 Å². The molecule has 1 aromatic rings. The van der Waals surface area contributed by atoms with E-state index in [2.05, 4.69) is 25.7 Å². The Morgan fingerprint density at radius 1 is 0.909 bits per heavy atom. The number of benzene rings is 1. The van der Waals surface area contributed by atoms with Crippen LogP contribution in [-0.2, 0) is 9.59 Å². The molecule has 33 heavy (non-hydrogen) atoms. The largest absolute Gasteiger partial charge is 0.491 e. The molecule has 2 aliphatic heterocycles. The van der Waals surface area contributed by atoms with Crippen molar-refractivity contribution in [2.45, 2.75) is 85.7 Å². The fraction of sp³-hybridized carbons (Fsp3) is 0.643. The van der Waals surface area contributed by atoms with Gasteiger partial charge in [-0.3, -0.25) is 14.5 Å². The van der Waals surface area contributed by atoms with E-state index in [1.54, 1.807) is 0 Å². The molecule has 0 saturated carbocycles. The van der Waals surface area contributed by atoms with Crippen LogP contribution in [0.2, 0.25) is 0 Å². The number of amides is 2. The third kappa shape index (κ3) is 6.39. The number of imide groups is 1. The summed E-state index contributed by atoms with van der Waals surface area (Å²) in [5.41, 5.74) is 1.96. The second-order valence-corrected chi connectivity index (χ2v) is 10.3. The lowest BCUT2D eigenvalue weighted by Crippen LogP contribution is -2.42. The lowest BCUT2D eigenvalue weighted by Gasteiger charge is -2.37. The van der Waals surface area contributed by atoms with E-state index in [1.165, 1.54) is 24.2 Å². The second-order valence-electron chi connectivity index (χ2n) is 10.3. The number of ether oxygens (including phenoxy) is 1. The maximum Gasteiger partial charge on any atom is 0.277 e. The average molecular weight is 455 g/mol. The number of likely N-dealkylation sites (tertiary alicyclic amines) is 1. The molecule has 2 atom stereocenters. The zero-order valence-corrected chi connectivity index (χ0v) is 21.2. The molecule has 1 saturated heterocycles. The molecule has 2 amide bonds. The zero-order chi connectivity index (χ0) is 24.0.